The first kappa shape index (κ1) is 13.2. The molecule has 0 bridgehead atoms. The molecule has 1 aliphatic carbocycles. The van der Waals surface area contributed by atoms with E-state index in [0.717, 1.165) is 12.2 Å². The normalized spacial score (nSPS) is 20.7. The van der Waals surface area contributed by atoms with Crippen molar-refractivity contribution in [3.8, 4) is 5.75 Å². The first-order valence-electron chi connectivity index (χ1n) is 6.82. The molecule has 2 heteroatoms. The highest BCUT2D eigenvalue weighted by Crippen LogP contribution is 2.25. The Kier molecular flexibility index (Phi) is 4.43. The average molecular weight is 245 g/mol. The number of hydrogen-bond donors (Lipinski definition) is 1. The molecule has 2 atom stereocenters. The largest absolute Gasteiger partial charge is 0.486 e. The van der Waals surface area contributed by atoms with Crippen molar-refractivity contribution in [3.05, 3.63) is 41.5 Å². The standard InChI is InChI=1S/C16H23NO/c1-12-11-14(13(2)17-3)9-10-16(12)18-15-7-5-4-6-8-15/h5,7,9-11,13,15,17H,4,6,8H2,1-3H3. The van der Waals surface area contributed by atoms with E-state index in [1.165, 1.54) is 24.0 Å². The van der Waals surface area contributed by atoms with Gasteiger partial charge in [0, 0.05) is 6.04 Å². The molecule has 0 spiro atoms. The van der Waals surface area contributed by atoms with E-state index < -0.39 is 0 Å². The highest BCUT2D eigenvalue weighted by molar-refractivity contribution is 5.37. The van der Waals surface area contributed by atoms with Crippen molar-refractivity contribution in [2.24, 2.45) is 0 Å². The highest BCUT2D eigenvalue weighted by atomic mass is 16.5. The Morgan fingerprint density at radius 2 is 2.22 bits per heavy atom. The summed E-state index contributed by atoms with van der Waals surface area (Å²) in [6.45, 7) is 4.28. The van der Waals surface area contributed by atoms with Crippen molar-refractivity contribution in [1.82, 2.24) is 5.32 Å². The van der Waals surface area contributed by atoms with Crippen molar-refractivity contribution >= 4 is 0 Å². The van der Waals surface area contributed by atoms with E-state index in [1.807, 2.05) is 7.05 Å². The number of rotatable bonds is 4. The lowest BCUT2D eigenvalue weighted by molar-refractivity contribution is 0.228. The topological polar surface area (TPSA) is 21.3 Å². The number of hydrogen-bond acceptors (Lipinski definition) is 2. The quantitative estimate of drug-likeness (QED) is 0.815. The Hall–Kier alpha value is -1.28. The third-order valence-corrected chi connectivity index (χ3v) is 3.62. The Morgan fingerprint density at radius 1 is 1.39 bits per heavy atom. The van der Waals surface area contributed by atoms with Crippen LogP contribution in [-0.2, 0) is 0 Å². The fourth-order valence-corrected chi connectivity index (χ4v) is 2.28. The number of nitrogens with one attached hydrogen (secondary N) is 1. The molecule has 2 unspecified atom stereocenters. The summed E-state index contributed by atoms with van der Waals surface area (Å²) in [6.07, 6.45) is 8.22. The Labute approximate surface area is 110 Å². The van der Waals surface area contributed by atoms with E-state index in [9.17, 15) is 0 Å². The summed E-state index contributed by atoms with van der Waals surface area (Å²) < 4.78 is 6.05. The van der Waals surface area contributed by atoms with Gasteiger partial charge in [-0.2, -0.15) is 0 Å². The molecule has 1 aromatic rings. The van der Waals surface area contributed by atoms with E-state index >= 15 is 0 Å². The van der Waals surface area contributed by atoms with Crippen molar-refractivity contribution in [3.63, 3.8) is 0 Å². The first-order chi connectivity index (χ1) is 8.70. The maximum Gasteiger partial charge on any atom is 0.123 e. The van der Waals surface area contributed by atoms with Crippen LogP contribution in [0.15, 0.2) is 30.4 Å². The summed E-state index contributed by atoms with van der Waals surface area (Å²) in [5.41, 5.74) is 2.52. The summed E-state index contributed by atoms with van der Waals surface area (Å²) in [7, 11) is 1.98. The summed E-state index contributed by atoms with van der Waals surface area (Å²) in [5, 5.41) is 3.26. The van der Waals surface area contributed by atoms with Crippen LogP contribution in [0.3, 0.4) is 0 Å². The smallest absolute Gasteiger partial charge is 0.123 e. The van der Waals surface area contributed by atoms with Crippen LogP contribution in [0.25, 0.3) is 0 Å². The van der Waals surface area contributed by atoms with Gasteiger partial charge in [-0.3, -0.25) is 0 Å². The SMILES string of the molecule is CNC(C)c1ccc(OC2C=CCCC2)c(C)c1. The number of ether oxygens (including phenoxy) is 1. The molecule has 0 saturated carbocycles. The zero-order valence-electron chi connectivity index (χ0n) is 11.6. The molecule has 1 aromatic carbocycles. The van der Waals surface area contributed by atoms with E-state index in [0.29, 0.717) is 6.04 Å². The molecular formula is C16H23NO. The van der Waals surface area contributed by atoms with Gasteiger partial charge in [0.25, 0.3) is 0 Å². The predicted octanol–water partition coefficient (Wildman–Crippen LogP) is 3.76. The zero-order chi connectivity index (χ0) is 13.0. The molecule has 18 heavy (non-hydrogen) atoms. The van der Waals surface area contributed by atoms with Gasteiger partial charge >= 0.3 is 0 Å². The van der Waals surface area contributed by atoms with Gasteiger partial charge in [-0.1, -0.05) is 18.2 Å². The molecule has 0 amide bonds. The lowest BCUT2D eigenvalue weighted by atomic mass is 10.0. The van der Waals surface area contributed by atoms with Crippen molar-refractivity contribution < 1.29 is 4.74 Å². The van der Waals surface area contributed by atoms with Gasteiger partial charge in [0.05, 0.1) is 0 Å². The second-order valence-electron chi connectivity index (χ2n) is 5.05. The van der Waals surface area contributed by atoms with Crippen LogP contribution in [0.4, 0.5) is 0 Å². The molecular weight excluding hydrogens is 222 g/mol. The Bertz CT molecular complexity index is 425. The third-order valence-electron chi connectivity index (χ3n) is 3.62. The van der Waals surface area contributed by atoms with Crippen LogP contribution in [0, 0.1) is 6.92 Å². The lowest BCUT2D eigenvalue weighted by Gasteiger charge is -2.20. The van der Waals surface area contributed by atoms with Crippen LogP contribution in [0.5, 0.6) is 5.75 Å². The fraction of sp³-hybridized carbons (Fsp3) is 0.500. The zero-order valence-corrected chi connectivity index (χ0v) is 11.6. The second kappa shape index (κ2) is 6.05. The van der Waals surface area contributed by atoms with Gasteiger partial charge in [0.15, 0.2) is 0 Å². The number of benzene rings is 1. The molecule has 0 aromatic heterocycles. The van der Waals surface area contributed by atoms with Gasteiger partial charge in [-0.15, -0.1) is 0 Å². The molecule has 1 N–H and O–H groups in total. The Morgan fingerprint density at radius 3 is 2.83 bits per heavy atom. The van der Waals surface area contributed by atoms with Gasteiger partial charge in [-0.05, 0) is 63.4 Å². The molecule has 0 aliphatic heterocycles. The first-order valence-corrected chi connectivity index (χ1v) is 6.82. The predicted molar refractivity (Wildman–Crippen MR) is 76.1 cm³/mol. The third kappa shape index (κ3) is 3.14. The average Bonchev–Trinajstić information content (AvgIpc) is 2.41. The van der Waals surface area contributed by atoms with E-state index in [-0.39, 0.29) is 6.10 Å². The maximum absolute atomic E-state index is 6.05. The minimum atomic E-state index is 0.255. The summed E-state index contributed by atoms with van der Waals surface area (Å²) in [4.78, 5) is 0. The van der Waals surface area contributed by atoms with Gasteiger partial charge in [0.2, 0.25) is 0 Å². The molecule has 98 valence electrons. The molecule has 0 radical (unpaired) electrons. The molecule has 0 heterocycles. The monoisotopic (exact) mass is 245 g/mol. The highest BCUT2D eigenvalue weighted by Gasteiger charge is 2.12. The van der Waals surface area contributed by atoms with E-state index in [1.54, 1.807) is 0 Å². The van der Waals surface area contributed by atoms with Crippen molar-refractivity contribution in [2.75, 3.05) is 7.05 Å². The van der Waals surface area contributed by atoms with Crippen LogP contribution >= 0.6 is 0 Å². The van der Waals surface area contributed by atoms with Gasteiger partial charge in [0.1, 0.15) is 11.9 Å². The van der Waals surface area contributed by atoms with Crippen LogP contribution in [0.1, 0.15) is 43.4 Å². The van der Waals surface area contributed by atoms with E-state index in [4.69, 9.17) is 4.74 Å². The summed E-state index contributed by atoms with van der Waals surface area (Å²) in [5.74, 6) is 1.01. The molecule has 0 saturated heterocycles. The summed E-state index contributed by atoms with van der Waals surface area (Å²) >= 11 is 0. The van der Waals surface area contributed by atoms with Gasteiger partial charge in [-0.25, -0.2) is 0 Å². The number of aryl methyl sites for hydroxylation is 1. The number of allylic oxidation sites excluding steroid dienone is 1. The van der Waals surface area contributed by atoms with Crippen LogP contribution in [0.2, 0.25) is 0 Å². The maximum atomic E-state index is 6.05. The minimum Gasteiger partial charge on any atom is -0.486 e. The van der Waals surface area contributed by atoms with Crippen LogP contribution in [-0.4, -0.2) is 13.2 Å². The van der Waals surface area contributed by atoms with E-state index in [2.05, 4.69) is 49.5 Å². The minimum absolute atomic E-state index is 0.255. The summed E-state index contributed by atoms with van der Waals surface area (Å²) in [6, 6.07) is 6.84. The Balaban J connectivity index is 2.09. The molecule has 1 aliphatic rings. The molecule has 0 fully saturated rings. The lowest BCUT2D eigenvalue weighted by Crippen LogP contribution is -2.16. The van der Waals surface area contributed by atoms with Crippen molar-refractivity contribution in [2.45, 2.75) is 45.3 Å². The molecule has 2 nitrogen and oxygen atoms in total. The molecule has 2 rings (SSSR count). The fourth-order valence-electron chi connectivity index (χ4n) is 2.28. The van der Waals surface area contributed by atoms with Crippen molar-refractivity contribution in [1.29, 1.82) is 0 Å². The van der Waals surface area contributed by atoms with Gasteiger partial charge < -0.3 is 10.1 Å². The van der Waals surface area contributed by atoms with Crippen LogP contribution < -0.4 is 10.1 Å². The second-order valence-corrected chi connectivity index (χ2v) is 5.05.